The Morgan fingerprint density at radius 3 is 2.62 bits per heavy atom. The average Bonchev–Trinajstić information content (AvgIpc) is 2.55. The minimum Gasteiger partial charge on any atom is -0.352 e. The predicted molar refractivity (Wildman–Crippen MR) is 79.1 cm³/mol. The number of hydrogen-bond acceptors (Lipinski definition) is 5. The molecular weight excluding hydrogens is 266 g/mol. The summed E-state index contributed by atoms with van der Waals surface area (Å²) in [6.07, 6.45) is 5.09. The Morgan fingerprint density at radius 2 is 1.95 bits per heavy atom. The molecule has 6 nitrogen and oxygen atoms in total. The third kappa shape index (κ3) is 2.99. The molecule has 21 heavy (non-hydrogen) atoms. The minimum atomic E-state index is -0.00232. The number of piperazine rings is 1. The van der Waals surface area contributed by atoms with Gasteiger partial charge in [-0.2, -0.15) is 0 Å². The molecule has 0 N–H and O–H groups in total. The third-order valence-electron chi connectivity index (χ3n) is 3.55. The summed E-state index contributed by atoms with van der Waals surface area (Å²) in [4.78, 5) is 29.1. The van der Waals surface area contributed by atoms with Crippen LogP contribution in [0.4, 0.5) is 5.82 Å². The number of aryl methyl sites for hydroxylation is 1. The highest BCUT2D eigenvalue weighted by molar-refractivity contribution is 5.92. The van der Waals surface area contributed by atoms with Crippen LogP contribution < -0.4 is 4.90 Å². The molecule has 0 spiro atoms. The molecule has 2 aromatic heterocycles. The first kappa shape index (κ1) is 13.5. The van der Waals surface area contributed by atoms with Crippen LogP contribution in [-0.4, -0.2) is 51.9 Å². The van der Waals surface area contributed by atoms with E-state index in [0.717, 1.165) is 24.6 Å². The lowest BCUT2D eigenvalue weighted by Crippen LogP contribution is -2.49. The van der Waals surface area contributed by atoms with E-state index in [1.165, 1.54) is 0 Å². The Morgan fingerprint density at radius 1 is 1.14 bits per heavy atom. The van der Waals surface area contributed by atoms with Gasteiger partial charge in [0.25, 0.3) is 5.91 Å². The van der Waals surface area contributed by atoms with Crippen molar-refractivity contribution < 1.29 is 4.79 Å². The molecule has 3 heterocycles. The van der Waals surface area contributed by atoms with Crippen molar-refractivity contribution in [1.82, 2.24) is 19.9 Å². The van der Waals surface area contributed by atoms with Gasteiger partial charge in [-0.25, -0.2) is 9.97 Å². The monoisotopic (exact) mass is 283 g/mol. The SMILES string of the molecule is Cc1cccc(C(=O)N2CCN(c3cnccn3)CC2)n1. The fourth-order valence-electron chi connectivity index (χ4n) is 2.42. The quantitative estimate of drug-likeness (QED) is 0.827. The van der Waals surface area contributed by atoms with Gasteiger partial charge in [0.15, 0.2) is 0 Å². The molecule has 1 saturated heterocycles. The molecule has 108 valence electrons. The normalized spacial score (nSPS) is 15.1. The second-order valence-corrected chi connectivity index (χ2v) is 5.01. The maximum absolute atomic E-state index is 12.4. The van der Waals surface area contributed by atoms with E-state index in [-0.39, 0.29) is 5.91 Å². The van der Waals surface area contributed by atoms with Crippen LogP contribution in [0.3, 0.4) is 0 Å². The maximum Gasteiger partial charge on any atom is 0.272 e. The van der Waals surface area contributed by atoms with E-state index in [9.17, 15) is 4.79 Å². The second kappa shape index (κ2) is 5.87. The van der Waals surface area contributed by atoms with Crippen molar-refractivity contribution in [1.29, 1.82) is 0 Å². The third-order valence-corrected chi connectivity index (χ3v) is 3.55. The minimum absolute atomic E-state index is 0.00232. The summed E-state index contributed by atoms with van der Waals surface area (Å²) in [6.45, 7) is 4.76. The van der Waals surface area contributed by atoms with Gasteiger partial charge < -0.3 is 9.80 Å². The van der Waals surface area contributed by atoms with Gasteiger partial charge in [0.1, 0.15) is 11.5 Å². The summed E-state index contributed by atoms with van der Waals surface area (Å²) < 4.78 is 0. The number of anilines is 1. The molecule has 0 saturated carbocycles. The second-order valence-electron chi connectivity index (χ2n) is 5.01. The van der Waals surface area contributed by atoms with Crippen LogP contribution >= 0.6 is 0 Å². The van der Waals surface area contributed by atoms with Gasteiger partial charge in [-0.05, 0) is 19.1 Å². The Kier molecular flexibility index (Phi) is 3.77. The van der Waals surface area contributed by atoms with Gasteiger partial charge in [-0.3, -0.25) is 9.78 Å². The van der Waals surface area contributed by atoms with E-state index in [1.807, 2.05) is 24.0 Å². The Balaban J connectivity index is 1.64. The van der Waals surface area contributed by atoms with Gasteiger partial charge in [0, 0.05) is 44.3 Å². The standard InChI is InChI=1S/C15H17N5O/c1-12-3-2-4-13(18-12)15(21)20-9-7-19(8-10-20)14-11-16-5-6-17-14/h2-6,11H,7-10H2,1H3. The summed E-state index contributed by atoms with van der Waals surface area (Å²) in [5, 5.41) is 0. The molecule has 0 radical (unpaired) electrons. The lowest BCUT2D eigenvalue weighted by molar-refractivity contribution is 0.0740. The van der Waals surface area contributed by atoms with Crippen molar-refractivity contribution in [2.24, 2.45) is 0 Å². The summed E-state index contributed by atoms with van der Waals surface area (Å²) in [5.41, 5.74) is 1.38. The van der Waals surface area contributed by atoms with Gasteiger partial charge >= 0.3 is 0 Å². The zero-order valence-electron chi connectivity index (χ0n) is 11.9. The molecule has 0 aromatic carbocycles. The fraction of sp³-hybridized carbons (Fsp3) is 0.333. The summed E-state index contributed by atoms with van der Waals surface area (Å²) in [5.74, 6) is 0.857. The average molecular weight is 283 g/mol. The van der Waals surface area contributed by atoms with Gasteiger partial charge in [0.05, 0.1) is 6.20 Å². The summed E-state index contributed by atoms with van der Waals surface area (Å²) >= 11 is 0. The van der Waals surface area contributed by atoms with Crippen LogP contribution in [0.1, 0.15) is 16.2 Å². The van der Waals surface area contributed by atoms with Gasteiger partial charge in [-0.15, -0.1) is 0 Å². The summed E-state index contributed by atoms with van der Waals surface area (Å²) in [7, 11) is 0. The smallest absolute Gasteiger partial charge is 0.272 e. The Bertz CT molecular complexity index is 623. The first-order valence-electron chi connectivity index (χ1n) is 6.98. The van der Waals surface area contributed by atoms with E-state index >= 15 is 0 Å². The van der Waals surface area contributed by atoms with Crippen molar-refractivity contribution in [3.05, 3.63) is 48.2 Å². The van der Waals surface area contributed by atoms with Crippen molar-refractivity contribution in [3.8, 4) is 0 Å². The number of carbonyl (C=O) groups is 1. The number of hydrogen-bond donors (Lipinski definition) is 0. The number of carbonyl (C=O) groups excluding carboxylic acids is 1. The molecule has 0 bridgehead atoms. The van der Waals surface area contributed by atoms with E-state index in [4.69, 9.17) is 0 Å². The molecule has 6 heteroatoms. The number of rotatable bonds is 2. The molecule has 1 amide bonds. The molecular formula is C15H17N5O. The highest BCUT2D eigenvalue weighted by Crippen LogP contribution is 2.13. The number of amides is 1. The molecule has 0 unspecified atom stereocenters. The summed E-state index contributed by atoms with van der Waals surface area (Å²) in [6, 6.07) is 5.53. The van der Waals surface area contributed by atoms with Gasteiger partial charge in [0.2, 0.25) is 0 Å². The van der Waals surface area contributed by atoms with Crippen LogP contribution in [0.2, 0.25) is 0 Å². The molecule has 2 aromatic rings. The van der Waals surface area contributed by atoms with Gasteiger partial charge in [-0.1, -0.05) is 6.07 Å². The topological polar surface area (TPSA) is 62.2 Å². The van der Waals surface area contributed by atoms with E-state index in [1.54, 1.807) is 24.7 Å². The lowest BCUT2D eigenvalue weighted by Gasteiger charge is -2.35. The van der Waals surface area contributed by atoms with Crippen molar-refractivity contribution >= 4 is 11.7 Å². The highest BCUT2D eigenvalue weighted by Gasteiger charge is 2.23. The molecule has 0 aliphatic carbocycles. The van der Waals surface area contributed by atoms with E-state index in [2.05, 4.69) is 19.9 Å². The zero-order valence-corrected chi connectivity index (χ0v) is 11.9. The highest BCUT2D eigenvalue weighted by atomic mass is 16.2. The first-order chi connectivity index (χ1) is 10.2. The largest absolute Gasteiger partial charge is 0.352 e. The van der Waals surface area contributed by atoms with Crippen molar-refractivity contribution in [2.45, 2.75) is 6.92 Å². The molecule has 1 aliphatic rings. The molecule has 1 aliphatic heterocycles. The van der Waals surface area contributed by atoms with Crippen LogP contribution in [0, 0.1) is 6.92 Å². The fourth-order valence-corrected chi connectivity index (χ4v) is 2.42. The van der Waals surface area contributed by atoms with Crippen LogP contribution in [0.15, 0.2) is 36.8 Å². The molecule has 0 atom stereocenters. The number of aromatic nitrogens is 3. The Labute approximate surface area is 123 Å². The molecule has 3 rings (SSSR count). The maximum atomic E-state index is 12.4. The Hall–Kier alpha value is -2.50. The van der Waals surface area contributed by atoms with Crippen LogP contribution in [-0.2, 0) is 0 Å². The predicted octanol–water partition coefficient (Wildman–Crippen LogP) is 1.14. The van der Waals surface area contributed by atoms with E-state index < -0.39 is 0 Å². The number of nitrogens with zero attached hydrogens (tertiary/aromatic N) is 5. The van der Waals surface area contributed by atoms with Crippen LogP contribution in [0.5, 0.6) is 0 Å². The van der Waals surface area contributed by atoms with Crippen LogP contribution in [0.25, 0.3) is 0 Å². The van der Waals surface area contributed by atoms with Crippen molar-refractivity contribution in [3.63, 3.8) is 0 Å². The lowest BCUT2D eigenvalue weighted by atomic mass is 10.2. The number of pyridine rings is 1. The first-order valence-corrected chi connectivity index (χ1v) is 6.98. The van der Waals surface area contributed by atoms with E-state index in [0.29, 0.717) is 18.8 Å². The van der Waals surface area contributed by atoms with Crippen molar-refractivity contribution in [2.75, 3.05) is 31.1 Å². The molecule has 1 fully saturated rings. The zero-order chi connectivity index (χ0) is 14.7.